The lowest BCUT2D eigenvalue weighted by Gasteiger charge is -2.39. The molecule has 1 fully saturated rings. The van der Waals surface area contributed by atoms with Crippen LogP contribution in [0.1, 0.15) is 48.4 Å². The molecule has 9 heteroatoms. The van der Waals surface area contributed by atoms with Crippen LogP contribution in [0.4, 0.5) is 0 Å². The van der Waals surface area contributed by atoms with Gasteiger partial charge >= 0.3 is 5.97 Å². The van der Waals surface area contributed by atoms with E-state index in [1.54, 1.807) is 12.1 Å². The zero-order valence-electron chi connectivity index (χ0n) is 20.3. The molecule has 0 amide bonds. The number of carbonyl (C=O) groups is 3. The summed E-state index contributed by atoms with van der Waals surface area (Å²) < 4.78 is 7.58. The lowest BCUT2D eigenvalue weighted by molar-refractivity contribution is -0.140. The maximum Gasteiger partial charge on any atom is 0.332 e. The second-order valence-corrected chi connectivity index (χ2v) is 9.35. The number of oxime groups is 1. The molecule has 0 unspecified atom stereocenters. The molecular formula is C26H28ClN3O5. The second-order valence-electron chi connectivity index (χ2n) is 8.99. The highest BCUT2D eigenvalue weighted by Gasteiger charge is 2.36. The average molecular weight is 498 g/mol. The number of aryl methyl sites for hydroxylation is 1. The number of rotatable bonds is 7. The number of carbonyl (C=O) groups excluding carboxylic acids is 3. The maximum absolute atomic E-state index is 13.6. The Morgan fingerprint density at radius 1 is 1.03 bits per heavy atom. The number of fused-ring (bicyclic) bond motifs is 3. The molecule has 0 saturated carbocycles. The van der Waals surface area contributed by atoms with Crippen LogP contribution in [0.2, 0.25) is 0 Å². The first-order valence-corrected chi connectivity index (χ1v) is 11.9. The Balaban J connectivity index is 1.78. The van der Waals surface area contributed by atoms with Gasteiger partial charge in [0.05, 0.1) is 18.8 Å². The summed E-state index contributed by atoms with van der Waals surface area (Å²) in [6.45, 7) is 10.5. The van der Waals surface area contributed by atoms with Crippen LogP contribution in [0.25, 0.3) is 21.8 Å². The first-order valence-electron chi connectivity index (χ1n) is 11.5. The summed E-state index contributed by atoms with van der Waals surface area (Å²) >= 11 is 5.96. The summed E-state index contributed by atoms with van der Waals surface area (Å²) in [6.07, 6.45) is 0. The Bertz CT molecular complexity index is 1350. The maximum atomic E-state index is 13.6. The van der Waals surface area contributed by atoms with E-state index in [-0.39, 0.29) is 5.78 Å². The van der Waals surface area contributed by atoms with E-state index in [1.807, 2.05) is 45.0 Å². The van der Waals surface area contributed by atoms with Gasteiger partial charge in [0.25, 0.3) is 0 Å². The summed E-state index contributed by atoms with van der Waals surface area (Å²) in [7, 11) is 0. The molecule has 1 aromatic heterocycles. The van der Waals surface area contributed by atoms with Crippen molar-refractivity contribution in [1.82, 2.24) is 9.47 Å². The van der Waals surface area contributed by atoms with Gasteiger partial charge in [-0.25, -0.2) is 4.79 Å². The number of ether oxygens (including phenoxy) is 1. The molecule has 35 heavy (non-hydrogen) atoms. The number of halogens is 1. The zero-order valence-corrected chi connectivity index (χ0v) is 21.0. The van der Waals surface area contributed by atoms with Crippen LogP contribution in [-0.4, -0.2) is 64.0 Å². The van der Waals surface area contributed by atoms with Crippen molar-refractivity contribution in [2.45, 2.75) is 39.8 Å². The number of morpholine rings is 1. The third-order valence-corrected chi connectivity index (χ3v) is 6.75. The number of benzene rings is 2. The summed E-state index contributed by atoms with van der Waals surface area (Å²) in [5, 5.41) is 4.64. The van der Waals surface area contributed by atoms with Crippen LogP contribution >= 0.6 is 11.6 Å². The predicted molar refractivity (Wildman–Crippen MR) is 135 cm³/mol. The minimum atomic E-state index is -0.678. The van der Waals surface area contributed by atoms with Crippen molar-refractivity contribution in [3.8, 4) is 0 Å². The molecule has 0 bridgehead atoms. The Labute approximate surface area is 208 Å². The number of hydrogen-bond acceptors (Lipinski definition) is 7. The van der Waals surface area contributed by atoms with Crippen LogP contribution in [-0.2, 0) is 20.9 Å². The van der Waals surface area contributed by atoms with E-state index >= 15 is 0 Å². The molecule has 2 aromatic carbocycles. The van der Waals surface area contributed by atoms with Gasteiger partial charge in [-0.1, -0.05) is 16.8 Å². The van der Waals surface area contributed by atoms with E-state index in [9.17, 15) is 14.4 Å². The quantitative estimate of drug-likeness (QED) is 0.208. The van der Waals surface area contributed by atoms with Crippen LogP contribution in [0.3, 0.4) is 0 Å². The predicted octanol–water partition coefficient (Wildman–Crippen LogP) is 4.41. The van der Waals surface area contributed by atoms with Gasteiger partial charge in [0.2, 0.25) is 11.0 Å². The van der Waals surface area contributed by atoms with Crippen molar-refractivity contribution >= 4 is 56.1 Å². The van der Waals surface area contributed by atoms with Gasteiger partial charge in [0.15, 0.2) is 5.78 Å². The van der Waals surface area contributed by atoms with E-state index in [1.165, 1.54) is 6.92 Å². The molecule has 8 nitrogen and oxygen atoms in total. The van der Waals surface area contributed by atoms with Crippen molar-refractivity contribution in [1.29, 1.82) is 0 Å². The number of aromatic nitrogens is 1. The largest absolute Gasteiger partial charge is 0.379 e. The minimum Gasteiger partial charge on any atom is -0.379 e. The fraction of sp³-hybridized carbons (Fsp3) is 0.385. The standard InChI is InChI=1S/C26H28ClN3O5/c1-5-30-21-8-6-17(23(32)25(27)28-35-16(2)31)14-19(21)20-15-18(7-9-22(20)30)24(33)26(3,4)29-10-12-34-13-11-29/h6-9,14-15H,5,10-13H2,1-4H3/b28-25-. The molecule has 0 radical (unpaired) electrons. The molecule has 3 aromatic rings. The molecule has 1 aliphatic heterocycles. The van der Waals surface area contributed by atoms with Gasteiger partial charge in [-0.15, -0.1) is 0 Å². The van der Waals surface area contributed by atoms with Gasteiger partial charge < -0.3 is 14.1 Å². The van der Waals surface area contributed by atoms with E-state index in [4.69, 9.17) is 16.3 Å². The van der Waals surface area contributed by atoms with Crippen molar-refractivity contribution in [2.75, 3.05) is 26.3 Å². The highest BCUT2D eigenvalue weighted by Crippen LogP contribution is 2.32. The van der Waals surface area contributed by atoms with Gasteiger partial charge in [-0.2, -0.15) is 0 Å². The highest BCUT2D eigenvalue weighted by molar-refractivity contribution is 6.84. The fourth-order valence-electron chi connectivity index (χ4n) is 4.61. The van der Waals surface area contributed by atoms with Gasteiger partial charge in [0.1, 0.15) is 0 Å². The third kappa shape index (κ3) is 4.74. The topological polar surface area (TPSA) is 90.2 Å². The van der Waals surface area contributed by atoms with Crippen molar-refractivity contribution < 1.29 is 24.0 Å². The summed E-state index contributed by atoms with van der Waals surface area (Å²) in [4.78, 5) is 44.0. The second kappa shape index (κ2) is 9.89. The normalized spacial score (nSPS) is 15.5. The molecule has 0 aliphatic carbocycles. The highest BCUT2D eigenvalue weighted by atomic mass is 35.5. The Kier molecular flexibility index (Phi) is 7.07. The third-order valence-electron chi connectivity index (χ3n) is 6.50. The van der Waals surface area contributed by atoms with E-state index in [0.29, 0.717) is 44.0 Å². The molecule has 184 valence electrons. The number of Topliss-reactive ketones (excluding diaryl/α,β-unsaturated/α-hetero) is 2. The van der Waals surface area contributed by atoms with Crippen molar-refractivity contribution in [2.24, 2.45) is 5.16 Å². The van der Waals surface area contributed by atoms with Crippen LogP contribution in [0, 0.1) is 0 Å². The van der Waals surface area contributed by atoms with E-state index in [2.05, 4.69) is 19.5 Å². The Hall–Kier alpha value is -3.07. The Morgan fingerprint density at radius 3 is 2.17 bits per heavy atom. The molecule has 0 spiro atoms. The van der Waals surface area contributed by atoms with Crippen LogP contribution in [0.5, 0.6) is 0 Å². The molecule has 2 heterocycles. The molecule has 1 aliphatic rings. The van der Waals surface area contributed by atoms with Crippen molar-refractivity contribution in [3.05, 3.63) is 47.5 Å². The fourth-order valence-corrected chi connectivity index (χ4v) is 4.75. The molecule has 0 atom stereocenters. The molecule has 4 rings (SSSR count). The van der Waals surface area contributed by atoms with E-state index < -0.39 is 22.5 Å². The summed E-state index contributed by atoms with van der Waals surface area (Å²) in [6, 6.07) is 11.0. The Morgan fingerprint density at radius 2 is 1.60 bits per heavy atom. The van der Waals surface area contributed by atoms with Crippen molar-refractivity contribution in [3.63, 3.8) is 0 Å². The number of hydrogen-bond donors (Lipinski definition) is 0. The monoisotopic (exact) mass is 497 g/mol. The lowest BCUT2D eigenvalue weighted by atomic mass is 9.90. The lowest BCUT2D eigenvalue weighted by Crippen LogP contribution is -2.54. The summed E-state index contributed by atoms with van der Waals surface area (Å²) in [5.74, 6) is -1.20. The smallest absolute Gasteiger partial charge is 0.332 e. The van der Waals surface area contributed by atoms with Crippen LogP contribution in [0.15, 0.2) is 41.6 Å². The van der Waals surface area contributed by atoms with E-state index in [0.717, 1.165) is 21.8 Å². The SMILES string of the molecule is CCn1c2ccc(C(=O)/C(Cl)=N/OC(C)=O)cc2c2cc(C(=O)C(C)(C)N3CCOCC3)ccc21. The van der Waals surface area contributed by atoms with Gasteiger partial charge in [0, 0.05) is 59.5 Å². The average Bonchev–Trinajstić information content (AvgIpc) is 3.18. The number of nitrogens with zero attached hydrogens (tertiary/aromatic N) is 3. The molecular weight excluding hydrogens is 470 g/mol. The summed E-state index contributed by atoms with van der Waals surface area (Å²) in [5.41, 5.74) is 2.13. The number of ketones is 2. The minimum absolute atomic E-state index is 0.0301. The first kappa shape index (κ1) is 25.0. The van der Waals surface area contributed by atoms with Gasteiger partial charge in [-0.3, -0.25) is 14.5 Å². The first-order chi connectivity index (χ1) is 16.6. The van der Waals surface area contributed by atoms with Crippen LogP contribution < -0.4 is 0 Å². The van der Waals surface area contributed by atoms with Gasteiger partial charge in [-0.05, 0) is 57.2 Å². The molecule has 0 N–H and O–H groups in total. The molecule has 1 saturated heterocycles. The zero-order chi connectivity index (χ0) is 25.3.